The molecule has 0 bridgehead atoms. The Morgan fingerprint density at radius 3 is 2.68 bits per heavy atom. The number of anilines is 1. The minimum Gasteiger partial charge on any atom is -0.355 e. The number of rotatable bonds is 7. The van der Waals surface area contributed by atoms with E-state index in [2.05, 4.69) is 17.6 Å². The molecule has 1 atom stereocenters. The number of hydrogen-bond acceptors (Lipinski definition) is 4. The molecule has 1 aliphatic carbocycles. The van der Waals surface area contributed by atoms with Crippen LogP contribution in [0.3, 0.4) is 0 Å². The van der Waals surface area contributed by atoms with E-state index in [0.29, 0.717) is 12.2 Å². The predicted octanol–water partition coefficient (Wildman–Crippen LogP) is 2.86. The zero-order valence-electron chi connectivity index (χ0n) is 16.4. The maximum Gasteiger partial charge on any atom is 0.250 e. The van der Waals surface area contributed by atoms with E-state index in [0.717, 1.165) is 43.4 Å². The molecule has 0 saturated heterocycles. The summed E-state index contributed by atoms with van der Waals surface area (Å²) in [7, 11) is 0. The molecule has 6 nitrogen and oxygen atoms in total. The molecule has 1 aromatic carbocycles. The van der Waals surface area contributed by atoms with Gasteiger partial charge in [-0.25, -0.2) is 0 Å². The Hall–Kier alpha value is -2.02. The van der Waals surface area contributed by atoms with E-state index in [4.69, 9.17) is 0 Å². The summed E-state index contributed by atoms with van der Waals surface area (Å²) >= 11 is 1.26. The quantitative estimate of drug-likeness (QED) is 0.542. The van der Waals surface area contributed by atoms with Crippen molar-refractivity contribution in [2.45, 2.75) is 68.1 Å². The second-order valence-corrected chi connectivity index (χ2v) is 8.58. The van der Waals surface area contributed by atoms with E-state index in [1.807, 2.05) is 24.3 Å². The molecule has 1 saturated carbocycles. The Labute approximate surface area is 170 Å². The topological polar surface area (TPSA) is 78.5 Å². The average Bonchev–Trinajstić information content (AvgIpc) is 2.70. The van der Waals surface area contributed by atoms with E-state index < -0.39 is 5.25 Å². The van der Waals surface area contributed by atoms with Gasteiger partial charge in [-0.15, -0.1) is 11.8 Å². The summed E-state index contributed by atoms with van der Waals surface area (Å²) in [5.41, 5.74) is 0.703. The maximum absolute atomic E-state index is 13.1. The van der Waals surface area contributed by atoms with Gasteiger partial charge in [0.15, 0.2) is 5.25 Å². The molecule has 1 fully saturated rings. The highest BCUT2D eigenvalue weighted by Gasteiger charge is 2.38. The first-order valence-electron chi connectivity index (χ1n) is 10.2. The van der Waals surface area contributed by atoms with Crippen molar-refractivity contribution in [3.63, 3.8) is 0 Å². The third kappa shape index (κ3) is 5.07. The van der Waals surface area contributed by atoms with Crippen molar-refractivity contribution in [1.29, 1.82) is 0 Å². The van der Waals surface area contributed by atoms with Crippen LogP contribution in [0.4, 0.5) is 5.69 Å². The number of benzene rings is 1. The SMILES string of the molecule is CCCCNC(=O)C1Sc2ccccc2N(CC(=O)NC2CCCCC2)C1=O. The van der Waals surface area contributed by atoms with Crippen molar-refractivity contribution in [1.82, 2.24) is 10.6 Å². The molecule has 0 aromatic heterocycles. The van der Waals surface area contributed by atoms with E-state index in [1.165, 1.54) is 23.1 Å². The van der Waals surface area contributed by atoms with E-state index in [9.17, 15) is 14.4 Å². The Balaban J connectivity index is 1.71. The standard InChI is InChI=1S/C21H29N3O3S/c1-2-3-13-22-20(26)19-21(27)24(16-11-7-8-12-17(16)28-19)14-18(25)23-15-9-5-4-6-10-15/h7-8,11-12,15,19H,2-6,9-10,13-14H2,1H3,(H,22,26)(H,23,25). The van der Waals surface area contributed by atoms with Gasteiger partial charge in [0.2, 0.25) is 11.8 Å². The van der Waals surface area contributed by atoms with Gasteiger partial charge in [0.05, 0.1) is 5.69 Å². The number of nitrogens with one attached hydrogen (secondary N) is 2. The van der Waals surface area contributed by atoms with E-state index >= 15 is 0 Å². The van der Waals surface area contributed by atoms with E-state index in [-0.39, 0.29) is 30.3 Å². The predicted molar refractivity (Wildman–Crippen MR) is 111 cm³/mol. The highest BCUT2D eigenvalue weighted by Crippen LogP contribution is 2.39. The van der Waals surface area contributed by atoms with Crippen LogP contribution in [0.2, 0.25) is 0 Å². The Kier molecular flexibility index (Phi) is 7.36. The van der Waals surface area contributed by atoms with Gasteiger partial charge in [-0.1, -0.05) is 44.7 Å². The summed E-state index contributed by atoms with van der Waals surface area (Å²) in [4.78, 5) is 40.5. The second kappa shape index (κ2) is 9.96. The molecular weight excluding hydrogens is 374 g/mol. The molecule has 152 valence electrons. The molecule has 3 rings (SSSR count). The molecule has 2 N–H and O–H groups in total. The normalized spacial score (nSPS) is 19.8. The average molecular weight is 404 g/mol. The molecule has 7 heteroatoms. The molecule has 3 amide bonds. The maximum atomic E-state index is 13.1. The number of fused-ring (bicyclic) bond motifs is 1. The zero-order chi connectivity index (χ0) is 19.9. The Morgan fingerprint density at radius 1 is 1.18 bits per heavy atom. The van der Waals surface area contributed by atoms with Gasteiger partial charge in [0.25, 0.3) is 5.91 Å². The summed E-state index contributed by atoms with van der Waals surface area (Å²) in [6, 6.07) is 7.65. The number of hydrogen-bond donors (Lipinski definition) is 2. The fraction of sp³-hybridized carbons (Fsp3) is 0.571. The van der Waals surface area contributed by atoms with Crippen LogP contribution in [0.5, 0.6) is 0 Å². The van der Waals surface area contributed by atoms with Gasteiger partial charge in [-0.2, -0.15) is 0 Å². The van der Waals surface area contributed by atoms with Crippen LogP contribution in [-0.2, 0) is 14.4 Å². The molecular formula is C21H29N3O3S. The first-order valence-corrected chi connectivity index (χ1v) is 11.1. The summed E-state index contributed by atoms with van der Waals surface area (Å²) in [6.45, 7) is 2.56. The van der Waals surface area contributed by atoms with Crippen molar-refractivity contribution in [2.75, 3.05) is 18.0 Å². The Bertz CT molecular complexity index is 719. The molecule has 1 unspecified atom stereocenters. The fourth-order valence-corrected chi connectivity index (χ4v) is 4.82. The van der Waals surface area contributed by atoms with Crippen LogP contribution in [0, 0.1) is 0 Å². The highest BCUT2D eigenvalue weighted by atomic mass is 32.2. The molecule has 0 spiro atoms. The largest absolute Gasteiger partial charge is 0.355 e. The van der Waals surface area contributed by atoms with Crippen LogP contribution >= 0.6 is 11.8 Å². The first-order chi connectivity index (χ1) is 13.6. The summed E-state index contributed by atoms with van der Waals surface area (Å²) in [6.07, 6.45) is 7.32. The van der Waals surface area contributed by atoms with Crippen LogP contribution in [0.25, 0.3) is 0 Å². The third-order valence-corrected chi connectivity index (χ3v) is 6.48. The Morgan fingerprint density at radius 2 is 1.93 bits per heavy atom. The van der Waals surface area contributed by atoms with Gasteiger partial charge < -0.3 is 15.5 Å². The number of thioether (sulfide) groups is 1. The lowest BCUT2D eigenvalue weighted by molar-refractivity contribution is -0.129. The van der Waals surface area contributed by atoms with Gasteiger partial charge in [-0.3, -0.25) is 14.4 Å². The number of unbranched alkanes of at least 4 members (excludes halogenated alkanes) is 1. The smallest absolute Gasteiger partial charge is 0.250 e. The minimum absolute atomic E-state index is 0.0500. The lowest BCUT2D eigenvalue weighted by Gasteiger charge is -2.33. The number of nitrogens with zero attached hydrogens (tertiary/aromatic N) is 1. The highest BCUT2D eigenvalue weighted by molar-refractivity contribution is 8.01. The minimum atomic E-state index is -0.853. The number of para-hydroxylation sites is 1. The molecule has 28 heavy (non-hydrogen) atoms. The number of carbonyl (C=O) groups is 3. The lowest BCUT2D eigenvalue weighted by atomic mass is 9.95. The molecule has 1 aliphatic heterocycles. The van der Waals surface area contributed by atoms with Crippen molar-refractivity contribution in [3.05, 3.63) is 24.3 Å². The van der Waals surface area contributed by atoms with Crippen molar-refractivity contribution < 1.29 is 14.4 Å². The first kappa shape index (κ1) is 20.7. The monoisotopic (exact) mass is 403 g/mol. The van der Waals surface area contributed by atoms with Gasteiger partial charge in [-0.05, 0) is 31.4 Å². The lowest BCUT2D eigenvalue weighted by Crippen LogP contribution is -2.52. The summed E-state index contributed by atoms with van der Waals surface area (Å²) < 4.78 is 0. The number of amides is 3. The van der Waals surface area contributed by atoms with Crippen molar-refractivity contribution in [2.24, 2.45) is 0 Å². The zero-order valence-corrected chi connectivity index (χ0v) is 17.2. The molecule has 1 aromatic rings. The second-order valence-electron chi connectivity index (χ2n) is 7.44. The molecule has 0 radical (unpaired) electrons. The van der Waals surface area contributed by atoms with Crippen LogP contribution in [-0.4, -0.2) is 42.1 Å². The molecule has 1 heterocycles. The number of carbonyl (C=O) groups excluding carboxylic acids is 3. The van der Waals surface area contributed by atoms with Gasteiger partial charge in [0, 0.05) is 17.5 Å². The van der Waals surface area contributed by atoms with Gasteiger partial charge >= 0.3 is 0 Å². The van der Waals surface area contributed by atoms with Crippen LogP contribution in [0.15, 0.2) is 29.2 Å². The van der Waals surface area contributed by atoms with Crippen LogP contribution in [0.1, 0.15) is 51.9 Å². The van der Waals surface area contributed by atoms with Crippen molar-refractivity contribution >= 4 is 35.2 Å². The molecule has 2 aliphatic rings. The fourth-order valence-electron chi connectivity index (χ4n) is 3.69. The summed E-state index contributed by atoms with van der Waals surface area (Å²) in [5, 5.41) is 5.06. The van der Waals surface area contributed by atoms with E-state index in [1.54, 1.807) is 0 Å². The summed E-state index contributed by atoms with van der Waals surface area (Å²) in [5.74, 6) is -0.765. The van der Waals surface area contributed by atoms with Gasteiger partial charge in [0.1, 0.15) is 6.54 Å². The van der Waals surface area contributed by atoms with Crippen LogP contribution < -0.4 is 15.5 Å². The third-order valence-electron chi connectivity index (χ3n) is 5.23. The van der Waals surface area contributed by atoms with Crippen molar-refractivity contribution in [3.8, 4) is 0 Å².